The molecule has 0 atom stereocenters. The molecule has 0 bridgehead atoms. The maximum Gasteiger partial charge on any atom is 0.253 e. The monoisotopic (exact) mass is 398 g/mol. The molecule has 1 aliphatic heterocycles. The summed E-state index contributed by atoms with van der Waals surface area (Å²) in [5.41, 5.74) is 2.83. The van der Waals surface area contributed by atoms with Gasteiger partial charge in [0.25, 0.3) is 5.91 Å². The zero-order valence-corrected chi connectivity index (χ0v) is 17.6. The van der Waals surface area contributed by atoms with Crippen LogP contribution in [0.3, 0.4) is 0 Å². The number of carbonyl (C=O) groups excluding carboxylic acids is 1. The summed E-state index contributed by atoms with van der Waals surface area (Å²) in [6.07, 6.45) is 0.713. The Morgan fingerprint density at radius 1 is 1.10 bits per heavy atom. The van der Waals surface area contributed by atoms with Crippen LogP contribution in [0, 0.1) is 20.8 Å². The average molecular weight is 399 g/mol. The van der Waals surface area contributed by atoms with Gasteiger partial charge in [-0.05, 0) is 61.7 Å². The fourth-order valence-electron chi connectivity index (χ4n) is 3.60. The van der Waals surface area contributed by atoms with E-state index in [1.54, 1.807) is 4.90 Å². The van der Waals surface area contributed by atoms with Crippen molar-refractivity contribution in [1.29, 1.82) is 0 Å². The van der Waals surface area contributed by atoms with Gasteiger partial charge in [0.2, 0.25) is 0 Å². The number of hydrogen-bond donors (Lipinski definition) is 1. The molecule has 1 fully saturated rings. The molecule has 1 saturated heterocycles. The van der Waals surface area contributed by atoms with Crippen molar-refractivity contribution in [2.24, 2.45) is 0 Å². The van der Waals surface area contributed by atoms with Gasteiger partial charge in [-0.25, -0.2) is 4.39 Å². The van der Waals surface area contributed by atoms with Crippen LogP contribution < -0.4 is 10.1 Å². The lowest BCUT2D eigenvalue weighted by Gasteiger charge is -2.36. The summed E-state index contributed by atoms with van der Waals surface area (Å²) in [5, 5.41) is 3.17. The predicted octanol–water partition coefficient (Wildman–Crippen LogP) is 4.22. The Hall–Kier alpha value is -2.40. The number of ether oxygens (including phenoxy) is 1. The Labute approximate surface area is 173 Å². The third kappa shape index (κ3) is 5.80. The summed E-state index contributed by atoms with van der Waals surface area (Å²) < 4.78 is 20.8. The van der Waals surface area contributed by atoms with E-state index in [4.69, 9.17) is 4.74 Å². The van der Waals surface area contributed by atoms with Crippen molar-refractivity contribution < 1.29 is 13.9 Å². The minimum Gasteiger partial charge on any atom is -0.492 e. The number of piperidine rings is 1. The molecular formula is C24H31FN2O2. The zero-order chi connectivity index (χ0) is 20.9. The van der Waals surface area contributed by atoms with Crippen LogP contribution in [-0.4, -0.2) is 49.3 Å². The van der Waals surface area contributed by atoms with Crippen LogP contribution in [0.25, 0.3) is 0 Å². The first-order valence-electron chi connectivity index (χ1n) is 10.3. The largest absolute Gasteiger partial charge is 0.492 e. The summed E-state index contributed by atoms with van der Waals surface area (Å²) in [5.74, 6) is 0.828. The molecule has 0 aliphatic carbocycles. The number of halogens is 1. The van der Waals surface area contributed by atoms with Crippen molar-refractivity contribution >= 4 is 5.91 Å². The molecule has 0 unspecified atom stereocenters. The van der Waals surface area contributed by atoms with E-state index in [1.165, 1.54) is 5.56 Å². The number of benzene rings is 2. The molecule has 1 aliphatic rings. The first-order chi connectivity index (χ1) is 13.9. The Bertz CT molecular complexity index is 845. The highest BCUT2D eigenvalue weighted by Gasteiger charge is 2.35. The van der Waals surface area contributed by atoms with E-state index in [0.29, 0.717) is 44.6 Å². The molecule has 5 heteroatoms. The lowest BCUT2D eigenvalue weighted by Crippen LogP contribution is -2.49. The van der Waals surface area contributed by atoms with E-state index < -0.39 is 5.67 Å². The zero-order valence-electron chi connectivity index (χ0n) is 17.6. The van der Waals surface area contributed by atoms with Crippen molar-refractivity contribution in [2.75, 3.05) is 32.8 Å². The van der Waals surface area contributed by atoms with Gasteiger partial charge >= 0.3 is 0 Å². The normalized spacial score (nSPS) is 15.9. The SMILES string of the molecule is Cc1cccc(OCCNCC2(F)CCN(C(=O)c3ccc(C)c(C)c3)CC2)c1. The number of carbonyl (C=O) groups is 1. The van der Waals surface area contributed by atoms with Crippen LogP contribution >= 0.6 is 0 Å². The molecule has 0 aromatic heterocycles. The van der Waals surface area contributed by atoms with E-state index in [-0.39, 0.29) is 12.5 Å². The molecule has 2 aromatic rings. The Kier molecular flexibility index (Phi) is 6.91. The standard InChI is InChI=1S/C24H31FN2O2/c1-18-5-4-6-22(15-18)29-14-11-26-17-24(25)9-12-27(13-10-24)23(28)21-8-7-19(2)20(3)16-21/h4-8,15-16,26H,9-14,17H2,1-3H3. The van der Waals surface area contributed by atoms with E-state index in [9.17, 15) is 4.79 Å². The third-order valence-corrected chi connectivity index (χ3v) is 5.68. The van der Waals surface area contributed by atoms with Crippen molar-refractivity contribution in [3.63, 3.8) is 0 Å². The average Bonchev–Trinajstić information content (AvgIpc) is 2.70. The summed E-state index contributed by atoms with van der Waals surface area (Å²) in [6, 6.07) is 13.6. The first-order valence-corrected chi connectivity index (χ1v) is 10.3. The number of amides is 1. The van der Waals surface area contributed by atoms with Crippen LogP contribution in [-0.2, 0) is 0 Å². The van der Waals surface area contributed by atoms with E-state index in [1.807, 2.05) is 63.2 Å². The van der Waals surface area contributed by atoms with E-state index in [2.05, 4.69) is 5.32 Å². The lowest BCUT2D eigenvalue weighted by atomic mass is 9.92. The Morgan fingerprint density at radius 2 is 1.86 bits per heavy atom. The molecule has 1 heterocycles. The fourth-order valence-corrected chi connectivity index (χ4v) is 3.60. The van der Waals surface area contributed by atoms with Crippen LogP contribution in [0.15, 0.2) is 42.5 Å². The minimum atomic E-state index is -1.27. The van der Waals surface area contributed by atoms with Gasteiger partial charge in [-0.15, -0.1) is 0 Å². The van der Waals surface area contributed by atoms with Gasteiger partial charge in [0.1, 0.15) is 18.0 Å². The maximum atomic E-state index is 15.1. The molecule has 0 saturated carbocycles. The van der Waals surface area contributed by atoms with Crippen LogP contribution in [0.1, 0.15) is 39.9 Å². The number of aryl methyl sites for hydroxylation is 3. The summed E-state index contributed by atoms with van der Waals surface area (Å²) >= 11 is 0. The number of rotatable bonds is 7. The van der Waals surface area contributed by atoms with Crippen molar-refractivity contribution in [3.05, 3.63) is 64.7 Å². The lowest BCUT2D eigenvalue weighted by molar-refractivity contribution is 0.0433. The van der Waals surface area contributed by atoms with Gasteiger partial charge in [-0.1, -0.05) is 18.2 Å². The van der Waals surface area contributed by atoms with Gasteiger partial charge < -0.3 is 15.0 Å². The molecule has 3 rings (SSSR count). The van der Waals surface area contributed by atoms with Gasteiger partial charge in [0.05, 0.1) is 0 Å². The molecular weight excluding hydrogens is 367 g/mol. The van der Waals surface area contributed by atoms with Crippen LogP contribution in [0.5, 0.6) is 5.75 Å². The highest BCUT2D eigenvalue weighted by Crippen LogP contribution is 2.27. The Morgan fingerprint density at radius 3 is 2.55 bits per heavy atom. The maximum absolute atomic E-state index is 15.1. The molecule has 4 nitrogen and oxygen atoms in total. The van der Waals surface area contributed by atoms with Crippen molar-refractivity contribution in [1.82, 2.24) is 10.2 Å². The molecule has 156 valence electrons. The van der Waals surface area contributed by atoms with Gasteiger partial charge in [-0.2, -0.15) is 0 Å². The molecule has 0 radical (unpaired) electrons. The number of nitrogens with one attached hydrogen (secondary N) is 1. The summed E-state index contributed by atoms with van der Waals surface area (Å²) in [7, 11) is 0. The number of alkyl halides is 1. The highest BCUT2D eigenvalue weighted by molar-refractivity contribution is 5.94. The van der Waals surface area contributed by atoms with E-state index in [0.717, 1.165) is 16.9 Å². The number of nitrogens with zero attached hydrogens (tertiary/aromatic N) is 1. The smallest absolute Gasteiger partial charge is 0.253 e. The van der Waals surface area contributed by atoms with Crippen LogP contribution in [0.2, 0.25) is 0 Å². The predicted molar refractivity (Wildman–Crippen MR) is 114 cm³/mol. The topological polar surface area (TPSA) is 41.6 Å². The van der Waals surface area contributed by atoms with Crippen LogP contribution in [0.4, 0.5) is 4.39 Å². The third-order valence-electron chi connectivity index (χ3n) is 5.68. The number of likely N-dealkylation sites (tertiary alicyclic amines) is 1. The molecule has 2 aromatic carbocycles. The first kappa shape index (κ1) is 21.3. The summed E-state index contributed by atoms with van der Waals surface area (Å²) in [6.45, 7) is 8.32. The second-order valence-electron chi connectivity index (χ2n) is 8.08. The summed E-state index contributed by atoms with van der Waals surface area (Å²) in [4.78, 5) is 14.5. The highest BCUT2D eigenvalue weighted by atomic mass is 19.1. The molecule has 1 amide bonds. The van der Waals surface area contributed by atoms with E-state index >= 15 is 4.39 Å². The fraction of sp³-hybridized carbons (Fsp3) is 0.458. The minimum absolute atomic E-state index is 0.00494. The van der Waals surface area contributed by atoms with Gasteiger partial charge in [-0.3, -0.25) is 4.79 Å². The number of hydrogen-bond acceptors (Lipinski definition) is 3. The Balaban J connectivity index is 1.40. The van der Waals surface area contributed by atoms with Crippen molar-refractivity contribution in [2.45, 2.75) is 39.3 Å². The molecule has 1 N–H and O–H groups in total. The second kappa shape index (κ2) is 9.40. The molecule has 29 heavy (non-hydrogen) atoms. The quantitative estimate of drug-likeness (QED) is 0.710. The van der Waals surface area contributed by atoms with Gasteiger partial charge in [0.15, 0.2) is 0 Å². The molecule has 0 spiro atoms. The van der Waals surface area contributed by atoms with Gasteiger partial charge in [0, 0.05) is 44.6 Å². The van der Waals surface area contributed by atoms with Crippen molar-refractivity contribution in [3.8, 4) is 5.75 Å². The second-order valence-corrected chi connectivity index (χ2v) is 8.08.